The molecule has 2 amide bonds. The summed E-state index contributed by atoms with van der Waals surface area (Å²) in [4.78, 5) is 31.8. The zero-order valence-corrected chi connectivity index (χ0v) is 16.3. The monoisotopic (exact) mass is 381 g/mol. The maximum atomic E-state index is 13.1. The van der Waals surface area contributed by atoms with Gasteiger partial charge in [0.05, 0.1) is 17.8 Å². The van der Waals surface area contributed by atoms with E-state index in [1.54, 1.807) is 17.1 Å². The van der Waals surface area contributed by atoms with Crippen LogP contribution >= 0.6 is 0 Å². The minimum Gasteiger partial charge on any atom is -0.337 e. The van der Waals surface area contributed by atoms with E-state index < -0.39 is 0 Å². The van der Waals surface area contributed by atoms with E-state index in [1.165, 1.54) is 5.56 Å². The highest BCUT2D eigenvalue weighted by atomic mass is 16.2. The molecule has 0 bridgehead atoms. The predicted molar refractivity (Wildman–Crippen MR) is 106 cm³/mol. The number of likely N-dealkylation sites (tertiary alicyclic amines) is 1. The number of aryl methyl sites for hydroxylation is 1. The Hall–Kier alpha value is -2.67. The number of hydrogen-bond donors (Lipinski definition) is 0. The topological polar surface area (TPSA) is 61.7 Å². The molecular formula is C21H27N5O2. The van der Waals surface area contributed by atoms with Crippen molar-refractivity contribution in [2.75, 3.05) is 32.7 Å². The van der Waals surface area contributed by atoms with Gasteiger partial charge in [-0.1, -0.05) is 30.3 Å². The summed E-state index contributed by atoms with van der Waals surface area (Å²) >= 11 is 0. The molecule has 1 atom stereocenters. The highest BCUT2D eigenvalue weighted by molar-refractivity contribution is 5.93. The zero-order valence-electron chi connectivity index (χ0n) is 16.3. The first kappa shape index (κ1) is 18.7. The highest BCUT2D eigenvalue weighted by Crippen LogP contribution is 2.21. The third kappa shape index (κ3) is 3.94. The van der Waals surface area contributed by atoms with Crippen LogP contribution in [0.1, 0.15) is 28.8 Å². The molecule has 2 aliphatic heterocycles. The number of carbonyl (C=O) groups excluding carboxylic acids is 2. The predicted octanol–water partition coefficient (Wildman–Crippen LogP) is 1.37. The molecule has 1 aromatic carbocycles. The largest absolute Gasteiger partial charge is 0.337 e. The van der Waals surface area contributed by atoms with Gasteiger partial charge in [-0.15, -0.1) is 0 Å². The van der Waals surface area contributed by atoms with Crippen molar-refractivity contribution < 1.29 is 9.59 Å². The van der Waals surface area contributed by atoms with Crippen LogP contribution in [-0.2, 0) is 18.4 Å². The number of aromatic nitrogens is 2. The summed E-state index contributed by atoms with van der Waals surface area (Å²) in [6.45, 7) is 4.27. The van der Waals surface area contributed by atoms with Crippen LogP contribution in [0.4, 0.5) is 0 Å². The molecule has 28 heavy (non-hydrogen) atoms. The van der Waals surface area contributed by atoms with Gasteiger partial charge in [0.25, 0.3) is 5.91 Å². The van der Waals surface area contributed by atoms with E-state index in [0.717, 1.165) is 32.5 Å². The second-order valence-electron chi connectivity index (χ2n) is 7.63. The maximum Gasteiger partial charge on any atom is 0.257 e. The summed E-state index contributed by atoms with van der Waals surface area (Å²) in [5, 5.41) is 4.08. The molecule has 7 heteroatoms. The van der Waals surface area contributed by atoms with Crippen molar-refractivity contribution in [1.82, 2.24) is 24.5 Å². The van der Waals surface area contributed by atoms with Crippen LogP contribution in [-0.4, -0.2) is 75.1 Å². The van der Waals surface area contributed by atoms with E-state index in [9.17, 15) is 9.59 Å². The van der Waals surface area contributed by atoms with E-state index in [0.29, 0.717) is 25.2 Å². The summed E-state index contributed by atoms with van der Waals surface area (Å²) < 4.78 is 1.64. The SMILES string of the molecule is Cn1cc(C(=O)N2CCN([C@H]3CCCN(Cc4ccccc4)C3=O)CC2)cn1. The fraction of sp³-hybridized carbons (Fsp3) is 0.476. The van der Waals surface area contributed by atoms with Gasteiger partial charge in [0.1, 0.15) is 0 Å². The van der Waals surface area contributed by atoms with Crippen molar-refractivity contribution in [3.63, 3.8) is 0 Å². The lowest BCUT2D eigenvalue weighted by Gasteiger charge is -2.42. The van der Waals surface area contributed by atoms with Gasteiger partial charge < -0.3 is 9.80 Å². The summed E-state index contributed by atoms with van der Waals surface area (Å²) in [6, 6.07) is 10.1. The summed E-state index contributed by atoms with van der Waals surface area (Å²) in [5.41, 5.74) is 1.79. The standard InChI is InChI=1S/C21H27N5O2/c1-23-16-18(14-22-23)20(27)25-12-10-24(11-13-25)19-8-5-9-26(21(19)28)15-17-6-3-2-4-7-17/h2-4,6-7,14,16,19H,5,8-13,15H2,1H3/t19-/m0/s1. The minimum atomic E-state index is -0.0619. The molecule has 2 saturated heterocycles. The first-order valence-electron chi connectivity index (χ1n) is 9.96. The molecule has 0 spiro atoms. The number of amides is 2. The van der Waals surface area contributed by atoms with Crippen LogP contribution in [0.3, 0.4) is 0 Å². The highest BCUT2D eigenvalue weighted by Gasteiger charge is 2.35. The molecule has 0 unspecified atom stereocenters. The fourth-order valence-electron chi connectivity index (χ4n) is 4.17. The molecule has 3 heterocycles. The van der Waals surface area contributed by atoms with Gasteiger partial charge in [-0.2, -0.15) is 5.10 Å². The molecule has 2 fully saturated rings. The summed E-state index contributed by atoms with van der Waals surface area (Å²) in [7, 11) is 1.81. The Morgan fingerprint density at radius 1 is 1.11 bits per heavy atom. The Bertz CT molecular complexity index is 826. The number of piperazine rings is 1. The van der Waals surface area contributed by atoms with Crippen molar-refractivity contribution in [2.24, 2.45) is 7.05 Å². The molecule has 0 N–H and O–H groups in total. The molecule has 148 valence electrons. The van der Waals surface area contributed by atoms with E-state index in [2.05, 4.69) is 22.1 Å². The van der Waals surface area contributed by atoms with E-state index >= 15 is 0 Å². The second-order valence-corrected chi connectivity index (χ2v) is 7.63. The lowest BCUT2D eigenvalue weighted by Crippen LogP contribution is -2.58. The molecule has 2 aromatic rings. The average molecular weight is 381 g/mol. The Morgan fingerprint density at radius 3 is 2.54 bits per heavy atom. The Kier molecular flexibility index (Phi) is 5.43. The molecule has 1 aromatic heterocycles. The number of carbonyl (C=O) groups is 2. The van der Waals surface area contributed by atoms with Gasteiger partial charge in [-0.05, 0) is 18.4 Å². The number of benzene rings is 1. The maximum absolute atomic E-state index is 13.1. The summed E-state index contributed by atoms with van der Waals surface area (Å²) in [5.74, 6) is 0.246. The Balaban J connectivity index is 1.34. The lowest BCUT2D eigenvalue weighted by atomic mass is 10.0. The van der Waals surface area contributed by atoms with Crippen molar-refractivity contribution in [3.05, 3.63) is 53.9 Å². The third-order valence-corrected chi connectivity index (χ3v) is 5.71. The third-order valence-electron chi connectivity index (χ3n) is 5.71. The molecule has 0 saturated carbocycles. The van der Waals surface area contributed by atoms with Gasteiger partial charge in [0.2, 0.25) is 5.91 Å². The quantitative estimate of drug-likeness (QED) is 0.803. The Morgan fingerprint density at radius 2 is 1.86 bits per heavy atom. The van der Waals surface area contributed by atoms with Crippen molar-refractivity contribution in [2.45, 2.75) is 25.4 Å². The van der Waals surface area contributed by atoms with E-state index in [-0.39, 0.29) is 17.9 Å². The van der Waals surface area contributed by atoms with Crippen LogP contribution in [0.25, 0.3) is 0 Å². The fourth-order valence-corrected chi connectivity index (χ4v) is 4.17. The second kappa shape index (κ2) is 8.14. The number of hydrogen-bond acceptors (Lipinski definition) is 4. The number of nitrogens with zero attached hydrogens (tertiary/aromatic N) is 5. The van der Waals surface area contributed by atoms with Gasteiger partial charge in [0, 0.05) is 52.5 Å². The van der Waals surface area contributed by atoms with E-state index in [4.69, 9.17) is 0 Å². The smallest absolute Gasteiger partial charge is 0.257 e. The van der Waals surface area contributed by atoms with Gasteiger partial charge in [-0.25, -0.2) is 0 Å². The first-order chi connectivity index (χ1) is 13.6. The zero-order chi connectivity index (χ0) is 19.5. The molecule has 0 radical (unpaired) electrons. The molecule has 2 aliphatic rings. The van der Waals surface area contributed by atoms with Crippen LogP contribution in [0.5, 0.6) is 0 Å². The normalized spacial score (nSPS) is 21.2. The lowest BCUT2D eigenvalue weighted by molar-refractivity contribution is -0.141. The van der Waals surface area contributed by atoms with Gasteiger partial charge in [-0.3, -0.25) is 19.2 Å². The van der Waals surface area contributed by atoms with Crippen molar-refractivity contribution >= 4 is 11.8 Å². The molecule has 0 aliphatic carbocycles. The van der Waals surface area contributed by atoms with Gasteiger partial charge >= 0.3 is 0 Å². The van der Waals surface area contributed by atoms with E-state index in [1.807, 2.05) is 35.0 Å². The summed E-state index contributed by atoms with van der Waals surface area (Å²) in [6.07, 6.45) is 5.29. The van der Waals surface area contributed by atoms with Crippen LogP contribution in [0.15, 0.2) is 42.7 Å². The Labute approximate surface area is 165 Å². The van der Waals surface area contributed by atoms with Crippen LogP contribution in [0.2, 0.25) is 0 Å². The van der Waals surface area contributed by atoms with Crippen LogP contribution in [0, 0.1) is 0 Å². The number of piperidine rings is 1. The molecule has 4 rings (SSSR count). The van der Waals surface area contributed by atoms with Crippen LogP contribution < -0.4 is 0 Å². The first-order valence-corrected chi connectivity index (χ1v) is 9.96. The number of rotatable bonds is 4. The molecule has 7 nitrogen and oxygen atoms in total. The average Bonchev–Trinajstić information content (AvgIpc) is 3.16. The van der Waals surface area contributed by atoms with Crippen molar-refractivity contribution in [1.29, 1.82) is 0 Å². The molecular weight excluding hydrogens is 354 g/mol. The van der Waals surface area contributed by atoms with Crippen molar-refractivity contribution in [3.8, 4) is 0 Å². The van der Waals surface area contributed by atoms with Gasteiger partial charge in [0.15, 0.2) is 0 Å². The minimum absolute atomic E-state index is 0.0217.